The lowest BCUT2D eigenvalue weighted by Crippen LogP contribution is -2.12. The molecule has 2 aromatic carbocycles. The minimum absolute atomic E-state index is 0.0372. The Morgan fingerprint density at radius 1 is 1.08 bits per heavy atom. The zero-order valence-electron chi connectivity index (χ0n) is 13.9. The molecule has 0 fully saturated rings. The molecule has 0 unspecified atom stereocenters. The van der Waals surface area contributed by atoms with E-state index in [1.165, 1.54) is 7.11 Å². The first-order chi connectivity index (χ1) is 12.4. The Labute approximate surface area is 150 Å². The maximum Gasteiger partial charge on any atom is 0.313 e. The Morgan fingerprint density at radius 3 is 2.42 bits per heavy atom. The lowest BCUT2D eigenvalue weighted by Gasteiger charge is -2.07. The van der Waals surface area contributed by atoms with Gasteiger partial charge in [0, 0.05) is 0 Å². The number of nitrogen functional groups attached to an aromatic ring is 1. The number of methoxy groups -OCH3 is 1. The molecule has 0 aliphatic rings. The monoisotopic (exact) mass is 375 g/mol. The van der Waals surface area contributed by atoms with Crippen molar-refractivity contribution >= 4 is 16.0 Å². The van der Waals surface area contributed by atoms with Crippen LogP contribution in [0, 0.1) is 0 Å². The summed E-state index contributed by atoms with van der Waals surface area (Å²) in [6.07, 6.45) is 0. The van der Waals surface area contributed by atoms with Crippen LogP contribution in [0.5, 0.6) is 17.2 Å². The van der Waals surface area contributed by atoms with Crippen LogP contribution in [0.25, 0.3) is 11.3 Å². The first-order valence-corrected chi connectivity index (χ1v) is 9.19. The van der Waals surface area contributed by atoms with E-state index >= 15 is 0 Å². The molecule has 0 bridgehead atoms. The summed E-state index contributed by atoms with van der Waals surface area (Å²) in [4.78, 5) is 0. The third kappa shape index (κ3) is 3.60. The molecule has 0 spiro atoms. The molecule has 0 aliphatic heterocycles. The second-order valence-corrected chi connectivity index (χ2v) is 7.02. The largest absolute Gasteiger partial charge is 0.501 e. The maximum atomic E-state index is 12.3. The maximum absolute atomic E-state index is 12.3. The third-order valence-corrected chi connectivity index (χ3v) is 4.72. The predicted molar refractivity (Wildman–Crippen MR) is 96.5 cm³/mol. The van der Waals surface area contributed by atoms with Crippen LogP contribution in [-0.4, -0.2) is 20.6 Å². The summed E-state index contributed by atoms with van der Waals surface area (Å²) in [5.74, 6) is -1.28. The van der Waals surface area contributed by atoms with Gasteiger partial charge in [-0.25, -0.2) is 0 Å². The fourth-order valence-corrected chi connectivity index (χ4v) is 3.53. The number of ether oxygens (including phenoxy) is 1. The summed E-state index contributed by atoms with van der Waals surface area (Å²) >= 11 is 0. The second kappa shape index (κ2) is 7.01. The van der Waals surface area contributed by atoms with Crippen LogP contribution in [0.15, 0.2) is 59.0 Å². The van der Waals surface area contributed by atoms with E-state index in [1.807, 2.05) is 0 Å². The summed E-state index contributed by atoms with van der Waals surface area (Å²) in [7, 11) is -2.59. The number of furan rings is 1. The van der Waals surface area contributed by atoms with Crippen LogP contribution in [0.3, 0.4) is 0 Å². The molecule has 3 N–H and O–H groups in total. The lowest BCUT2D eigenvalue weighted by molar-refractivity contribution is 0.412. The van der Waals surface area contributed by atoms with Gasteiger partial charge >= 0.3 is 10.1 Å². The van der Waals surface area contributed by atoms with Gasteiger partial charge in [0.15, 0.2) is 5.76 Å². The highest BCUT2D eigenvalue weighted by atomic mass is 32.2. The minimum Gasteiger partial charge on any atom is -0.501 e. The highest BCUT2D eigenvalue weighted by molar-refractivity contribution is 7.86. The van der Waals surface area contributed by atoms with Gasteiger partial charge in [-0.05, 0) is 17.7 Å². The topological polar surface area (TPSA) is 112 Å². The molecule has 0 saturated heterocycles. The molecule has 0 amide bonds. The predicted octanol–water partition coefficient (Wildman–Crippen LogP) is 3.15. The molecule has 7 nitrogen and oxygen atoms in total. The van der Waals surface area contributed by atoms with E-state index in [0.29, 0.717) is 16.9 Å². The molecule has 3 aromatic rings. The summed E-state index contributed by atoms with van der Waals surface area (Å²) in [6, 6.07) is 15.3. The van der Waals surface area contributed by atoms with E-state index in [9.17, 15) is 13.5 Å². The van der Waals surface area contributed by atoms with Crippen LogP contribution in [0.4, 0.5) is 5.88 Å². The molecule has 1 aromatic heterocycles. The summed E-state index contributed by atoms with van der Waals surface area (Å²) in [5, 5.41) is 10.4. The molecular weight excluding hydrogens is 358 g/mol. The van der Waals surface area contributed by atoms with Crippen molar-refractivity contribution in [3.8, 4) is 28.6 Å². The van der Waals surface area contributed by atoms with Gasteiger partial charge in [0.1, 0.15) is 11.5 Å². The van der Waals surface area contributed by atoms with Crippen molar-refractivity contribution in [2.45, 2.75) is 5.75 Å². The van der Waals surface area contributed by atoms with E-state index in [-0.39, 0.29) is 17.4 Å². The minimum atomic E-state index is -4.05. The number of aromatic hydroxyl groups is 1. The standard InChI is InChI=1S/C18H17NO6S/c1-23-14-10-6-5-9-13(14)16-15(20)17(18(19)24-16)25-26(21,22)11-12-7-3-2-4-8-12/h2-10,20H,11,19H2,1H3. The number of nitrogens with two attached hydrogens (primary N) is 1. The number of para-hydroxylation sites is 1. The Balaban J connectivity index is 1.93. The first-order valence-electron chi connectivity index (χ1n) is 7.62. The molecule has 0 radical (unpaired) electrons. The zero-order chi connectivity index (χ0) is 18.7. The van der Waals surface area contributed by atoms with Gasteiger partial charge < -0.3 is 24.2 Å². The van der Waals surface area contributed by atoms with Crippen molar-refractivity contribution in [2.75, 3.05) is 12.8 Å². The Hall–Kier alpha value is -3.13. The van der Waals surface area contributed by atoms with Gasteiger partial charge in [0.25, 0.3) is 0 Å². The number of hydrogen-bond acceptors (Lipinski definition) is 7. The van der Waals surface area contributed by atoms with Gasteiger partial charge in [0.2, 0.25) is 17.4 Å². The fraction of sp³-hybridized carbons (Fsp3) is 0.111. The van der Waals surface area contributed by atoms with Gasteiger partial charge in [-0.15, -0.1) is 0 Å². The van der Waals surface area contributed by atoms with Crippen molar-refractivity contribution in [3.05, 3.63) is 60.2 Å². The SMILES string of the molecule is COc1ccccc1-c1oc(N)c(OS(=O)(=O)Cc2ccccc2)c1O. The van der Waals surface area contributed by atoms with E-state index in [1.54, 1.807) is 54.6 Å². The molecule has 0 saturated carbocycles. The van der Waals surface area contributed by atoms with Crippen molar-refractivity contribution in [1.82, 2.24) is 0 Å². The van der Waals surface area contributed by atoms with Crippen LogP contribution in [0.2, 0.25) is 0 Å². The average molecular weight is 375 g/mol. The van der Waals surface area contributed by atoms with Crippen LogP contribution in [0.1, 0.15) is 5.56 Å². The Kier molecular flexibility index (Phi) is 4.77. The molecule has 26 heavy (non-hydrogen) atoms. The van der Waals surface area contributed by atoms with E-state index in [4.69, 9.17) is 19.1 Å². The first kappa shape index (κ1) is 17.7. The van der Waals surface area contributed by atoms with Gasteiger partial charge in [0.05, 0.1) is 12.7 Å². The molecule has 136 valence electrons. The van der Waals surface area contributed by atoms with E-state index in [0.717, 1.165) is 0 Å². The molecule has 0 aliphatic carbocycles. The number of hydrogen-bond donors (Lipinski definition) is 2. The molecule has 3 rings (SSSR count). The normalized spacial score (nSPS) is 11.3. The van der Waals surface area contributed by atoms with Gasteiger partial charge in [-0.2, -0.15) is 8.42 Å². The summed E-state index contributed by atoms with van der Waals surface area (Å²) in [6.45, 7) is 0. The van der Waals surface area contributed by atoms with Crippen molar-refractivity contribution in [1.29, 1.82) is 0 Å². The zero-order valence-corrected chi connectivity index (χ0v) is 14.7. The number of benzene rings is 2. The van der Waals surface area contributed by atoms with Crippen molar-refractivity contribution < 1.29 is 26.9 Å². The van der Waals surface area contributed by atoms with Crippen LogP contribution >= 0.6 is 0 Å². The van der Waals surface area contributed by atoms with Gasteiger partial charge in [-0.1, -0.05) is 42.5 Å². The summed E-state index contributed by atoms with van der Waals surface area (Å²) in [5.41, 5.74) is 6.67. The highest BCUT2D eigenvalue weighted by Crippen LogP contribution is 2.47. The van der Waals surface area contributed by atoms with Crippen LogP contribution < -0.4 is 14.7 Å². The van der Waals surface area contributed by atoms with Crippen molar-refractivity contribution in [3.63, 3.8) is 0 Å². The third-order valence-electron chi connectivity index (χ3n) is 3.61. The summed E-state index contributed by atoms with van der Waals surface area (Å²) < 4.78 is 40.1. The molecule has 1 heterocycles. The highest BCUT2D eigenvalue weighted by Gasteiger charge is 2.27. The average Bonchev–Trinajstić information content (AvgIpc) is 2.90. The number of anilines is 1. The molecule has 0 atom stereocenters. The van der Waals surface area contributed by atoms with Crippen molar-refractivity contribution in [2.24, 2.45) is 0 Å². The molecular formula is C18H17NO6S. The van der Waals surface area contributed by atoms with E-state index < -0.39 is 21.6 Å². The molecule has 8 heteroatoms. The quantitative estimate of drug-likeness (QED) is 0.636. The van der Waals surface area contributed by atoms with Gasteiger partial charge in [-0.3, -0.25) is 0 Å². The fourth-order valence-electron chi connectivity index (χ4n) is 2.45. The Bertz CT molecular complexity index is 1010. The second-order valence-electron chi connectivity index (χ2n) is 5.44. The van der Waals surface area contributed by atoms with E-state index in [2.05, 4.69) is 0 Å². The smallest absolute Gasteiger partial charge is 0.313 e. The lowest BCUT2D eigenvalue weighted by atomic mass is 10.1. The number of rotatable bonds is 6. The van der Waals surface area contributed by atoms with Crippen LogP contribution in [-0.2, 0) is 15.9 Å². The Morgan fingerprint density at radius 2 is 1.73 bits per heavy atom.